The van der Waals surface area contributed by atoms with Gasteiger partial charge in [-0.25, -0.2) is 9.97 Å². The minimum atomic E-state index is 0.0668. The van der Waals surface area contributed by atoms with Gasteiger partial charge >= 0.3 is 0 Å². The van der Waals surface area contributed by atoms with Gasteiger partial charge in [0.1, 0.15) is 0 Å². The van der Waals surface area contributed by atoms with E-state index in [1.807, 2.05) is 42.6 Å². The van der Waals surface area contributed by atoms with E-state index in [1.165, 1.54) is 12.8 Å². The third-order valence-corrected chi connectivity index (χ3v) is 6.89. The summed E-state index contributed by atoms with van der Waals surface area (Å²) in [5.74, 6) is 1.80. The summed E-state index contributed by atoms with van der Waals surface area (Å²) in [5.41, 5.74) is 4.38. The molecule has 3 aromatic rings. The second-order valence-electron chi connectivity index (χ2n) is 9.02. The largest absolute Gasteiger partial charge is 0.356 e. The van der Waals surface area contributed by atoms with E-state index in [9.17, 15) is 4.79 Å². The zero-order valence-corrected chi connectivity index (χ0v) is 19.6. The molecule has 2 aliphatic rings. The number of piperidine rings is 1. The first-order chi connectivity index (χ1) is 16.0. The first kappa shape index (κ1) is 21.6. The lowest BCUT2D eigenvalue weighted by molar-refractivity contribution is 0.0711. The molecule has 0 unspecified atom stereocenters. The topological polar surface area (TPSA) is 93.2 Å². The van der Waals surface area contributed by atoms with Crippen molar-refractivity contribution in [3.05, 3.63) is 41.1 Å². The number of carbonyl (C=O) groups excluding carboxylic acids is 1. The van der Waals surface area contributed by atoms with Crippen molar-refractivity contribution in [2.45, 2.75) is 58.9 Å². The summed E-state index contributed by atoms with van der Waals surface area (Å²) in [4.78, 5) is 27.0. The van der Waals surface area contributed by atoms with Crippen LogP contribution >= 0.6 is 0 Å². The summed E-state index contributed by atoms with van der Waals surface area (Å²) in [7, 11) is 0. The van der Waals surface area contributed by atoms with E-state index >= 15 is 0 Å². The predicted octanol–water partition coefficient (Wildman–Crippen LogP) is 3.58. The number of likely N-dealkylation sites (tertiary alicyclic amines) is 1. The molecule has 0 radical (unpaired) electrons. The van der Waals surface area contributed by atoms with Crippen molar-refractivity contribution in [3.8, 4) is 11.3 Å². The fourth-order valence-electron chi connectivity index (χ4n) is 4.95. The number of hydrogen-bond donors (Lipinski definition) is 0. The van der Waals surface area contributed by atoms with Crippen LogP contribution in [0, 0.1) is 13.8 Å². The molecule has 0 N–H and O–H groups in total. The molecule has 174 valence electrons. The van der Waals surface area contributed by atoms with Gasteiger partial charge in [-0.1, -0.05) is 5.16 Å². The molecule has 2 aliphatic heterocycles. The van der Waals surface area contributed by atoms with Crippen LogP contribution in [0.15, 0.2) is 23.0 Å². The van der Waals surface area contributed by atoms with Gasteiger partial charge in [-0.15, -0.1) is 0 Å². The number of rotatable bonds is 5. The van der Waals surface area contributed by atoms with Crippen molar-refractivity contribution >= 4 is 11.9 Å². The van der Waals surface area contributed by atoms with Crippen LogP contribution in [0.4, 0.5) is 5.95 Å². The van der Waals surface area contributed by atoms with Gasteiger partial charge in [0.15, 0.2) is 5.76 Å². The highest BCUT2D eigenvalue weighted by Crippen LogP contribution is 2.35. The molecular formula is C24H31N7O2. The lowest BCUT2D eigenvalue weighted by atomic mass is 9.90. The van der Waals surface area contributed by atoms with Crippen LogP contribution in [0.5, 0.6) is 0 Å². The number of aryl methyl sites for hydroxylation is 2. The highest BCUT2D eigenvalue weighted by Gasteiger charge is 2.30. The Morgan fingerprint density at radius 2 is 1.88 bits per heavy atom. The number of hydrogen-bond acceptors (Lipinski definition) is 7. The van der Waals surface area contributed by atoms with Gasteiger partial charge in [0.25, 0.3) is 5.91 Å². The summed E-state index contributed by atoms with van der Waals surface area (Å²) in [6, 6.07) is 1.94. The molecule has 0 spiro atoms. The molecule has 5 heterocycles. The number of aromatic nitrogens is 5. The lowest BCUT2D eigenvalue weighted by Crippen LogP contribution is -2.38. The van der Waals surface area contributed by atoms with Crippen LogP contribution in [-0.2, 0) is 6.54 Å². The van der Waals surface area contributed by atoms with Gasteiger partial charge < -0.3 is 14.3 Å². The van der Waals surface area contributed by atoms with Crippen molar-refractivity contribution in [3.63, 3.8) is 0 Å². The van der Waals surface area contributed by atoms with Crippen LogP contribution in [0.3, 0.4) is 0 Å². The van der Waals surface area contributed by atoms with Crippen molar-refractivity contribution in [1.29, 1.82) is 0 Å². The first-order valence-electron chi connectivity index (χ1n) is 11.9. The Bertz CT molecular complexity index is 1140. The molecular weight excluding hydrogens is 418 g/mol. The average molecular weight is 450 g/mol. The molecule has 33 heavy (non-hydrogen) atoms. The SMILES string of the molecule is CCn1ncc(C(=O)N2CCC(c3nc(N4CCCC4)ncc3-c3cc(C)no3)CC2)c1C. The van der Waals surface area contributed by atoms with E-state index in [-0.39, 0.29) is 11.8 Å². The zero-order chi connectivity index (χ0) is 22.9. The fourth-order valence-corrected chi connectivity index (χ4v) is 4.95. The third kappa shape index (κ3) is 4.12. The van der Waals surface area contributed by atoms with E-state index < -0.39 is 0 Å². The van der Waals surface area contributed by atoms with Gasteiger partial charge in [-0.3, -0.25) is 9.48 Å². The van der Waals surface area contributed by atoms with Gasteiger partial charge in [0.2, 0.25) is 5.95 Å². The molecule has 0 aliphatic carbocycles. The maximum absolute atomic E-state index is 13.1. The second-order valence-corrected chi connectivity index (χ2v) is 9.02. The van der Waals surface area contributed by atoms with Crippen molar-refractivity contribution < 1.29 is 9.32 Å². The van der Waals surface area contributed by atoms with Crippen molar-refractivity contribution in [2.24, 2.45) is 0 Å². The van der Waals surface area contributed by atoms with Crippen molar-refractivity contribution in [1.82, 2.24) is 29.8 Å². The van der Waals surface area contributed by atoms with E-state index in [4.69, 9.17) is 9.51 Å². The van der Waals surface area contributed by atoms with E-state index in [1.54, 1.807) is 6.20 Å². The highest BCUT2D eigenvalue weighted by molar-refractivity contribution is 5.95. The molecule has 0 saturated carbocycles. The Balaban J connectivity index is 1.38. The van der Waals surface area contributed by atoms with Crippen LogP contribution in [0.25, 0.3) is 11.3 Å². The number of anilines is 1. The maximum atomic E-state index is 13.1. The molecule has 1 amide bonds. The predicted molar refractivity (Wildman–Crippen MR) is 124 cm³/mol. The number of amides is 1. The fraction of sp³-hybridized carbons (Fsp3) is 0.542. The summed E-state index contributed by atoms with van der Waals surface area (Å²) >= 11 is 0. The molecule has 9 nitrogen and oxygen atoms in total. The summed E-state index contributed by atoms with van der Waals surface area (Å²) in [6.07, 6.45) is 7.64. The second kappa shape index (κ2) is 8.96. The molecule has 3 aromatic heterocycles. The van der Waals surface area contributed by atoms with Crippen LogP contribution in [0.2, 0.25) is 0 Å². The monoisotopic (exact) mass is 449 g/mol. The molecule has 5 rings (SSSR count). The molecule has 2 saturated heterocycles. The third-order valence-electron chi connectivity index (χ3n) is 6.89. The Kier molecular flexibility index (Phi) is 5.86. The van der Waals surface area contributed by atoms with Gasteiger partial charge in [0.05, 0.1) is 28.7 Å². The van der Waals surface area contributed by atoms with Gasteiger partial charge in [0, 0.05) is 56.6 Å². The smallest absolute Gasteiger partial charge is 0.257 e. The van der Waals surface area contributed by atoms with E-state index in [2.05, 4.69) is 20.1 Å². The molecule has 0 bridgehead atoms. The Morgan fingerprint density at radius 3 is 2.52 bits per heavy atom. The average Bonchev–Trinajstić information content (AvgIpc) is 3.60. The van der Waals surface area contributed by atoms with Crippen LogP contribution in [-0.4, -0.2) is 61.9 Å². The minimum Gasteiger partial charge on any atom is -0.356 e. The highest BCUT2D eigenvalue weighted by atomic mass is 16.5. The number of carbonyl (C=O) groups is 1. The molecule has 9 heteroatoms. The molecule has 2 fully saturated rings. The minimum absolute atomic E-state index is 0.0668. The Hall–Kier alpha value is -3.23. The lowest BCUT2D eigenvalue weighted by Gasteiger charge is -2.32. The maximum Gasteiger partial charge on any atom is 0.257 e. The summed E-state index contributed by atoms with van der Waals surface area (Å²) < 4.78 is 7.44. The normalized spacial score (nSPS) is 17.2. The Morgan fingerprint density at radius 1 is 1.12 bits per heavy atom. The summed E-state index contributed by atoms with van der Waals surface area (Å²) in [6.45, 7) is 10.1. The summed E-state index contributed by atoms with van der Waals surface area (Å²) in [5, 5.41) is 8.40. The van der Waals surface area contributed by atoms with Crippen LogP contribution in [0.1, 0.15) is 66.0 Å². The van der Waals surface area contributed by atoms with E-state index in [0.717, 1.165) is 61.1 Å². The molecule has 0 aromatic carbocycles. The van der Waals surface area contributed by atoms with Gasteiger partial charge in [-0.05, 0) is 46.5 Å². The molecule has 0 atom stereocenters. The van der Waals surface area contributed by atoms with Crippen molar-refractivity contribution in [2.75, 3.05) is 31.1 Å². The number of nitrogens with zero attached hydrogens (tertiary/aromatic N) is 7. The van der Waals surface area contributed by atoms with Crippen LogP contribution < -0.4 is 4.90 Å². The van der Waals surface area contributed by atoms with Gasteiger partial charge in [-0.2, -0.15) is 5.10 Å². The zero-order valence-electron chi connectivity index (χ0n) is 19.6. The standard InChI is InChI=1S/C24H31N7O2/c1-4-31-17(3)19(15-26-31)23(32)29-11-7-18(8-12-29)22-20(21-13-16(2)28-33-21)14-25-24(27-22)30-9-5-6-10-30/h13-15,18H,4-12H2,1-3H3. The first-order valence-corrected chi connectivity index (χ1v) is 11.9. The quantitative estimate of drug-likeness (QED) is 0.588. The van der Waals surface area contributed by atoms with E-state index in [0.29, 0.717) is 24.4 Å². The Labute approximate surface area is 193 Å².